The molecule has 2 aliphatic heterocycles. The van der Waals surface area contributed by atoms with Crippen LogP contribution in [0.15, 0.2) is 24.3 Å². The van der Waals surface area contributed by atoms with E-state index >= 15 is 0 Å². The first-order chi connectivity index (χ1) is 14.5. The standard InChI is InChI=1S/C20H24FN5O4/c21-15-3-1-14(2-4-15)13-25-7-8-26-17(20(25)29)18(27)16(23-26)19(28)22-5-6-24-9-11-30-12-10-24/h1-4,27H,5-13H2,(H,22,28). The van der Waals surface area contributed by atoms with Gasteiger partial charge in [0.2, 0.25) is 0 Å². The summed E-state index contributed by atoms with van der Waals surface area (Å²) >= 11 is 0. The highest BCUT2D eigenvalue weighted by Gasteiger charge is 2.33. The molecular formula is C20H24FN5O4. The maximum Gasteiger partial charge on any atom is 0.276 e. The van der Waals surface area contributed by atoms with Crippen molar-refractivity contribution >= 4 is 11.8 Å². The molecule has 0 atom stereocenters. The quantitative estimate of drug-likeness (QED) is 0.708. The third-order valence-corrected chi connectivity index (χ3v) is 5.32. The second-order valence-corrected chi connectivity index (χ2v) is 7.33. The van der Waals surface area contributed by atoms with Gasteiger partial charge in [0.15, 0.2) is 17.1 Å². The average Bonchev–Trinajstić information content (AvgIpc) is 3.09. The third-order valence-electron chi connectivity index (χ3n) is 5.32. The number of fused-ring (bicyclic) bond motifs is 1. The Morgan fingerprint density at radius 2 is 1.90 bits per heavy atom. The average molecular weight is 417 g/mol. The van der Waals surface area contributed by atoms with Crippen molar-refractivity contribution in [3.8, 4) is 5.75 Å². The van der Waals surface area contributed by atoms with Gasteiger partial charge in [0.25, 0.3) is 11.8 Å². The van der Waals surface area contributed by atoms with Crippen molar-refractivity contribution in [3.63, 3.8) is 0 Å². The van der Waals surface area contributed by atoms with Crippen LogP contribution < -0.4 is 5.32 Å². The van der Waals surface area contributed by atoms with Gasteiger partial charge in [0.1, 0.15) is 5.82 Å². The Morgan fingerprint density at radius 3 is 2.63 bits per heavy atom. The Hall–Kier alpha value is -2.98. The Kier molecular flexibility index (Phi) is 5.96. The third kappa shape index (κ3) is 4.29. The molecule has 3 heterocycles. The van der Waals surface area contributed by atoms with Crippen LogP contribution in [0.3, 0.4) is 0 Å². The van der Waals surface area contributed by atoms with Gasteiger partial charge in [-0.1, -0.05) is 12.1 Å². The Labute approximate surface area is 173 Å². The highest BCUT2D eigenvalue weighted by Crippen LogP contribution is 2.27. The van der Waals surface area contributed by atoms with E-state index in [1.807, 2.05) is 0 Å². The van der Waals surface area contributed by atoms with Crippen LogP contribution in [0.25, 0.3) is 0 Å². The molecule has 0 radical (unpaired) electrons. The minimum Gasteiger partial charge on any atom is -0.504 e. The van der Waals surface area contributed by atoms with Crippen molar-refractivity contribution in [2.24, 2.45) is 0 Å². The van der Waals surface area contributed by atoms with Gasteiger partial charge in [-0.05, 0) is 17.7 Å². The SMILES string of the molecule is O=C(NCCN1CCOCC1)c1nn2c(c1O)C(=O)N(Cc1ccc(F)cc1)CC2. The minimum absolute atomic E-state index is 0.00157. The number of halogens is 1. The maximum absolute atomic E-state index is 13.1. The van der Waals surface area contributed by atoms with E-state index in [0.717, 1.165) is 18.7 Å². The molecule has 1 aromatic carbocycles. The Bertz CT molecular complexity index is 924. The first kappa shape index (κ1) is 20.3. The van der Waals surface area contributed by atoms with Gasteiger partial charge in [-0.15, -0.1) is 0 Å². The lowest BCUT2D eigenvalue weighted by molar-refractivity contribution is 0.0383. The highest BCUT2D eigenvalue weighted by atomic mass is 19.1. The zero-order valence-electron chi connectivity index (χ0n) is 16.5. The predicted molar refractivity (Wildman–Crippen MR) is 105 cm³/mol. The monoisotopic (exact) mass is 417 g/mol. The second-order valence-electron chi connectivity index (χ2n) is 7.33. The number of carbonyl (C=O) groups is 2. The van der Waals surface area contributed by atoms with Crippen LogP contribution in [0.1, 0.15) is 26.5 Å². The van der Waals surface area contributed by atoms with E-state index in [1.54, 1.807) is 17.0 Å². The van der Waals surface area contributed by atoms with Gasteiger partial charge in [-0.3, -0.25) is 19.2 Å². The number of carbonyl (C=O) groups excluding carboxylic acids is 2. The maximum atomic E-state index is 13.1. The van der Waals surface area contributed by atoms with Gasteiger partial charge in [0, 0.05) is 39.3 Å². The molecular weight excluding hydrogens is 393 g/mol. The zero-order chi connectivity index (χ0) is 21.1. The van der Waals surface area contributed by atoms with Crippen molar-refractivity contribution < 1.29 is 23.8 Å². The van der Waals surface area contributed by atoms with E-state index in [0.29, 0.717) is 39.4 Å². The molecule has 2 amide bonds. The number of nitrogens with zero attached hydrogens (tertiary/aromatic N) is 4. The zero-order valence-corrected chi connectivity index (χ0v) is 16.5. The van der Waals surface area contributed by atoms with E-state index in [1.165, 1.54) is 16.8 Å². The van der Waals surface area contributed by atoms with Gasteiger partial charge in [-0.2, -0.15) is 5.10 Å². The molecule has 0 spiro atoms. The fraction of sp³-hybridized carbons (Fsp3) is 0.450. The number of hydrogen-bond donors (Lipinski definition) is 2. The summed E-state index contributed by atoms with van der Waals surface area (Å²) in [4.78, 5) is 29.1. The highest BCUT2D eigenvalue weighted by molar-refractivity contribution is 6.02. The van der Waals surface area contributed by atoms with Crippen molar-refractivity contribution in [3.05, 3.63) is 47.0 Å². The molecule has 9 nitrogen and oxygen atoms in total. The molecule has 30 heavy (non-hydrogen) atoms. The summed E-state index contributed by atoms with van der Waals surface area (Å²) in [6.07, 6.45) is 0. The summed E-state index contributed by atoms with van der Waals surface area (Å²) in [6.45, 7) is 5.09. The van der Waals surface area contributed by atoms with Gasteiger partial charge < -0.3 is 20.1 Å². The van der Waals surface area contributed by atoms with Crippen LogP contribution in [0.4, 0.5) is 4.39 Å². The summed E-state index contributed by atoms with van der Waals surface area (Å²) in [5.74, 6) is -1.68. The number of hydrogen-bond acceptors (Lipinski definition) is 6. The lowest BCUT2D eigenvalue weighted by Gasteiger charge is -2.27. The van der Waals surface area contributed by atoms with Crippen LogP contribution in [0.2, 0.25) is 0 Å². The van der Waals surface area contributed by atoms with E-state index in [4.69, 9.17) is 4.74 Å². The molecule has 0 bridgehead atoms. The van der Waals surface area contributed by atoms with E-state index < -0.39 is 17.6 Å². The molecule has 4 rings (SSSR count). The number of rotatable bonds is 6. The topological polar surface area (TPSA) is 99.9 Å². The number of ether oxygens (including phenoxy) is 1. The first-order valence-corrected chi connectivity index (χ1v) is 9.94. The summed E-state index contributed by atoms with van der Waals surface area (Å²) in [5, 5.41) is 17.4. The van der Waals surface area contributed by atoms with E-state index in [-0.39, 0.29) is 23.7 Å². The fourth-order valence-corrected chi connectivity index (χ4v) is 3.64. The molecule has 1 saturated heterocycles. The number of morpholine rings is 1. The number of nitrogens with one attached hydrogen (secondary N) is 1. The van der Waals surface area contributed by atoms with Crippen LogP contribution in [-0.2, 0) is 17.8 Å². The summed E-state index contributed by atoms with van der Waals surface area (Å²) in [6, 6.07) is 5.90. The van der Waals surface area contributed by atoms with Crippen LogP contribution in [0.5, 0.6) is 5.75 Å². The molecule has 160 valence electrons. The summed E-state index contributed by atoms with van der Waals surface area (Å²) < 4.78 is 19.8. The number of aromatic nitrogens is 2. The smallest absolute Gasteiger partial charge is 0.276 e. The minimum atomic E-state index is -0.513. The van der Waals surface area contributed by atoms with Gasteiger partial charge in [0.05, 0.1) is 19.8 Å². The summed E-state index contributed by atoms with van der Waals surface area (Å²) in [5.41, 5.74) is 0.629. The van der Waals surface area contributed by atoms with Gasteiger partial charge >= 0.3 is 0 Å². The first-order valence-electron chi connectivity index (χ1n) is 9.94. The second kappa shape index (κ2) is 8.80. The lowest BCUT2D eigenvalue weighted by Crippen LogP contribution is -2.41. The van der Waals surface area contributed by atoms with Gasteiger partial charge in [-0.25, -0.2) is 4.39 Å². The van der Waals surface area contributed by atoms with Crippen LogP contribution >= 0.6 is 0 Å². The number of benzene rings is 1. The number of amides is 2. The molecule has 1 aromatic heterocycles. The molecule has 2 N–H and O–H groups in total. The molecule has 0 unspecified atom stereocenters. The molecule has 10 heteroatoms. The van der Waals surface area contributed by atoms with E-state index in [2.05, 4.69) is 15.3 Å². The largest absolute Gasteiger partial charge is 0.504 e. The molecule has 0 saturated carbocycles. The number of aromatic hydroxyl groups is 1. The van der Waals surface area contributed by atoms with Crippen LogP contribution in [-0.4, -0.2) is 82.4 Å². The van der Waals surface area contributed by atoms with Crippen LogP contribution in [0, 0.1) is 5.82 Å². The lowest BCUT2D eigenvalue weighted by atomic mass is 10.1. The van der Waals surface area contributed by atoms with Crippen molar-refractivity contribution in [2.75, 3.05) is 45.9 Å². The molecule has 2 aliphatic rings. The normalized spacial score (nSPS) is 17.1. The van der Waals surface area contributed by atoms with Crippen molar-refractivity contribution in [1.29, 1.82) is 0 Å². The molecule has 2 aromatic rings. The van der Waals surface area contributed by atoms with E-state index in [9.17, 15) is 19.1 Å². The Balaban J connectivity index is 1.40. The molecule has 1 fully saturated rings. The molecule has 0 aliphatic carbocycles. The summed E-state index contributed by atoms with van der Waals surface area (Å²) in [7, 11) is 0. The Morgan fingerprint density at radius 1 is 1.17 bits per heavy atom. The van der Waals surface area contributed by atoms with Crippen molar-refractivity contribution in [1.82, 2.24) is 24.9 Å². The predicted octanol–water partition coefficient (Wildman–Crippen LogP) is 0.446. The van der Waals surface area contributed by atoms with Crippen molar-refractivity contribution in [2.45, 2.75) is 13.1 Å². The fourth-order valence-electron chi connectivity index (χ4n) is 3.64.